The summed E-state index contributed by atoms with van der Waals surface area (Å²) in [6, 6.07) is 0. The van der Waals surface area contributed by atoms with Crippen molar-refractivity contribution < 1.29 is 0 Å². The maximum Gasteiger partial charge on any atom is 0.0514 e. The number of rotatable bonds is 0. The van der Waals surface area contributed by atoms with Crippen LogP contribution in [0.5, 0.6) is 0 Å². The monoisotopic (exact) mass is 164 g/mol. The Morgan fingerprint density at radius 2 is 1.75 bits per heavy atom. The summed E-state index contributed by atoms with van der Waals surface area (Å²) in [7, 11) is 0. The van der Waals surface area contributed by atoms with E-state index in [1.54, 1.807) is 6.20 Å². The first-order valence-corrected chi connectivity index (χ1v) is 4.13. The standard InChI is InChI=1S/C10H16N2/c1-9(2)4-5-10(3,11)6-7-12-8-9/h4-8H,11H2,1-3H3/b5-4-,7-6-,12-8?. The van der Waals surface area contributed by atoms with Gasteiger partial charge in [-0.05, 0) is 13.0 Å². The zero-order valence-electron chi connectivity index (χ0n) is 7.91. The first-order chi connectivity index (χ1) is 5.41. The fraction of sp³-hybridized carbons (Fsp3) is 0.500. The molecule has 1 heterocycles. The topological polar surface area (TPSA) is 38.4 Å². The van der Waals surface area contributed by atoms with Crippen molar-refractivity contribution in [2.45, 2.75) is 26.3 Å². The van der Waals surface area contributed by atoms with Gasteiger partial charge in [0.1, 0.15) is 0 Å². The first kappa shape index (κ1) is 9.20. The van der Waals surface area contributed by atoms with Gasteiger partial charge in [-0.2, -0.15) is 0 Å². The normalized spacial score (nSPS) is 38.3. The van der Waals surface area contributed by atoms with Crippen molar-refractivity contribution in [3.8, 4) is 0 Å². The Morgan fingerprint density at radius 1 is 1.08 bits per heavy atom. The minimum absolute atomic E-state index is 0.00535. The van der Waals surface area contributed by atoms with Crippen molar-refractivity contribution in [2.24, 2.45) is 16.1 Å². The van der Waals surface area contributed by atoms with Crippen molar-refractivity contribution in [2.75, 3.05) is 0 Å². The van der Waals surface area contributed by atoms with Gasteiger partial charge in [0.15, 0.2) is 0 Å². The highest BCUT2D eigenvalue weighted by molar-refractivity contribution is 5.68. The predicted octanol–water partition coefficient (Wildman–Crippen LogP) is 1.88. The van der Waals surface area contributed by atoms with E-state index in [1.165, 1.54) is 0 Å². The number of aliphatic imine (C=N–C) groups is 1. The van der Waals surface area contributed by atoms with Gasteiger partial charge in [0, 0.05) is 17.8 Å². The van der Waals surface area contributed by atoms with Crippen LogP contribution in [0.3, 0.4) is 0 Å². The van der Waals surface area contributed by atoms with Crippen LogP contribution in [0.4, 0.5) is 0 Å². The Kier molecular flexibility index (Phi) is 2.20. The molecule has 0 saturated carbocycles. The van der Waals surface area contributed by atoms with E-state index in [1.807, 2.05) is 25.3 Å². The van der Waals surface area contributed by atoms with Crippen molar-refractivity contribution >= 4 is 6.21 Å². The average Bonchev–Trinajstić information content (AvgIpc) is 1.94. The van der Waals surface area contributed by atoms with Gasteiger partial charge >= 0.3 is 0 Å². The molecule has 1 aliphatic heterocycles. The lowest BCUT2D eigenvalue weighted by molar-refractivity contribution is 0.658. The molecule has 66 valence electrons. The second kappa shape index (κ2) is 2.87. The molecule has 0 fully saturated rings. The molecular weight excluding hydrogens is 148 g/mol. The molecule has 0 aromatic rings. The molecule has 2 heteroatoms. The summed E-state index contributed by atoms with van der Waals surface area (Å²) < 4.78 is 0. The number of hydrogen-bond donors (Lipinski definition) is 1. The van der Waals surface area contributed by atoms with E-state index >= 15 is 0 Å². The van der Waals surface area contributed by atoms with Crippen LogP contribution < -0.4 is 5.73 Å². The Morgan fingerprint density at radius 3 is 2.42 bits per heavy atom. The van der Waals surface area contributed by atoms with Gasteiger partial charge in [0.05, 0.1) is 5.54 Å². The lowest BCUT2D eigenvalue weighted by atomic mass is 9.90. The van der Waals surface area contributed by atoms with E-state index in [9.17, 15) is 0 Å². The minimum Gasteiger partial charge on any atom is -0.319 e. The molecule has 0 saturated heterocycles. The summed E-state index contributed by atoms with van der Waals surface area (Å²) >= 11 is 0. The van der Waals surface area contributed by atoms with Gasteiger partial charge in [-0.15, -0.1) is 0 Å². The molecule has 2 nitrogen and oxygen atoms in total. The van der Waals surface area contributed by atoms with Gasteiger partial charge in [-0.1, -0.05) is 26.0 Å². The Balaban J connectivity index is 2.97. The summed E-state index contributed by atoms with van der Waals surface area (Å²) in [5, 5.41) is 0. The fourth-order valence-corrected chi connectivity index (χ4v) is 0.932. The molecule has 2 N–H and O–H groups in total. The van der Waals surface area contributed by atoms with Crippen LogP contribution in [0.15, 0.2) is 29.4 Å². The van der Waals surface area contributed by atoms with E-state index < -0.39 is 0 Å². The smallest absolute Gasteiger partial charge is 0.0514 e. The second-order valence-electron chi connectivity index (χ2n) is 4.11. The highest BCUT2D eigenvalue weighted by atomic mass is 14.7. The third-order valence-corrected chi connectivity index (χ3v) is 1.80. The predicted molar refractivity (Wildman–Crippen MR) is 53.1 cm³/mol. The maximum absolute atomic E-state index is 5.92. The van der Waals surface area contributed by atoms with Crippen molar-refractivity contribution in [3.05, 3.63) is 24.4 Å². The zero-order valence-corrected chi connectivity index (χ0v) is 7.91. The molecule has 1 atom stereocenters. The summed E-state index contributed by atoms with van der Waals surface area (Å²) in [6.45, 7) is 6.15. The molecule has 0 aromatic carbocycles. The molecule has 1 aliphatic rings. The average molecular weight is 164 g/mol. The largest absolute Gasteiger partial charge is 0.319 e. The van der Waals surface area contributed by atoms with E-state index in [0.717, 1.165) is 0 Å². The van der Waals surface area contributed by atoms with Crippen LogP contribution in [-0.4, -0.2) is 11.8 Å². The summed E-state index contributed by atoms with van der Waals surface area (Å²) in [5.41, 5.74) is 5.56. The van der Waals surface area contributed by atoms with E-state index in [2.05, 4.69) is 24.9 Å². The molecule has 0 radical (unpaired) electrons. The Bertz CT molecular complexity index is 219. The van der Waals surface area contributed by atoms with E-state index in [-0.39, 0.29) is 11.0 Å². The third kappa shape index (κ3) is 2.62. The van der Waals surface area contributed by atoms with Gasteiger partial charge in [-0.3, -0.25) is 4.99 Å². The van der Waals surface area contributed by atoms with Crippen LogP contribution >= 0.6 is 0 Å². The summed E-state index contributed by atoms with van der Waals surface area (Å²) in [4.78, 5) is 4.14. The van der Waals surface area contributed by atoms with Gasteiger partial charge < -0.3 is 5.73 Å². The van der Waals surface area contributed by atoms with Gasteiger partial charge in [0.2, 0.25) is 0 Å². The zero-order chi connectivity index (χ0) is 9.24. The molecule has 0 spiro atoms. The number of hydrogen-bond acceptors (Lipinski definition) is 2. The molecule has 12 heavy (non-hydrogen) atoms. The minimum atomic E-state index is -0.366. The Labute approximate surface area is 73.9 Å². The summed E-state index contributed by atoms with van der Waals surface area (Å²) in [6.07, 6.45) is 9.64. The molecule has 0 amide bonds. The van der Waals surface area contributed by atoms with Crippen LogP contribution in [0.1, 0.15) is 20.8 Å². The van der Waals surface area contributed by atoms with Crippen molar-refractivity contribution in [1.29, 1.82) is 0 Å². The van der Waals surface area contributed by atoms with E-state index in [0.29, 0.717) is 0 Å². The van der Waals surface area contributed by atoms with Gasteiger partial charge in [-0.25, -0.2) is 0 Å². The molecule has 1 rings (SSSR count). The molecule has 0 aromatic heterocycles. The second-order valence-corrected chi connectivity index (χ2v) is 4.11. The van der Waals surface area contributed by atoms with Crippen LogP contribution in [-0.2, 0) is 0 Å². The molecule has 1 unspecified atom stereocenters. The van der Waals surface area contributed by atoms with Gasteiger partial charge in [0.25, 0.3) is 0 Å². The van der Waals surface area contributed by atoms with Crippen LogP contribution in [0.2, 0.25) is 0 Å². The first-order valence-electron chi connectivity index (χ1n) is 4.13. The lowest BCUT2D eigenvalue weighted by Gasteiger charge is -2.20. The van der Waals surface area contributed by atoms with Crippen molar-refractivity contribution in [3.63, 3.8) is 0 Å². The quantitative estimate of drug-likeness (QED) is 0.545. The Hall–Kier alpha value is -0.890. The number of nitrogens with zero attached hydrogens (tertiary/aromatic N) is 1. The molecule has 0 bridgehead atoms. The maximum atomic E-state index is 5.92. The number of nitrogens with two attached hydrogens (primary N) is 1. The third-order valence-electron chi connectivity index (χ3n) is 1.80. The van der Waals surface area contributed by atoms with Crippen LogP contribution in [0, 0.1) is 5.41 Å². The highest BCUT2D eigenvalue weighted by Gasteiger charge is 2.16. The fourth-order valence-electron chi connectivity index (χ4n) is 0.932. The SMILES string of the molecule is CC1(C)C=N/C=C\C(C)(N)/C=C\1. The highest BCUT2D eigenvalue weighted by Crippen LogP contribution is 2.18. The molecular formula is C10H16N2. The van der Waals surface area contributed by atoms with Crippen LogP contribution in [0.25, 0.3) is 0 Å². The number of allylic oxidation sites excluding steroid dienone is 1. The lowest BCUT2D eigenvalue weighted by Crippen LogP contribution is -2.32. The van der Waals surface area contributed by atoms with Crippen molar-refractivity contribution in [1.82, 2.24) is 0 Å². The molecule has 0 aliphatic carbocycles. The summed E-state index contributed by atoms with van der Waals surface area (Å²) in [5.74, 6) is 0. The van der Waals surface area contributed by atoms with E-state index in [4.69, 9.17) is 5.73 Å².